The van der Waals surface area contributed by atoms with Crippen molar-refractivity contribution in [2.75, 3.05) is 7.11 Å². The van der Waals surface area contributed by atoms with E-state index in [1.165, 1.54) is 0 Å². The topological polar surface area (TPSA) is 87.3 Å². The van der Waals surface area contributed by atoms with E-state index in [1.807, 2.05) is 6.92 Å². The maximum Gasteiger partial charge on any atom is 0.293 e. The van der Waals surface area contributed by atoms with E-state index in [0.29, 0.717) is 36.2 Å². The van der Waals surface area contributed by atoms with Gasteiger partial charge in [-0.1, -0.05) is 5.16 Å². The Labute approximate surface area is 98.7 Å². The summed E-state index contributed by atoms with van der Waals surface area (Å²) in [6.07, 6.45) is 0.654. The molecule has 1 atom stereocenters. The number of nitrogens with zero attached hydrogens (tertiary/aromatic N) is 2. The highest BCUT2D eigenvalue weighted by atomic mass is 16.5. The van der Waals surface area contributed by atoms with Gasteiger partial charge >= 0.3 is 0 Å². The molecule has 0 amide bonds. The molecule has 0 aliphatic rings. The molecule has 6 nitrogen and oxygen atoms in total. The Kier molecular flexibility index (Phi) is 3.55. The van der Waals surface area contributed by atoms with Gasteiger partial charge < -0.3 is 19.4 Å². The van der Waals surface area contributed by atoms with Crippen molar-refractivity contribution >= 4 is 0 Å². The van der Waals surface area contributed by atoms with Crippen molar-refractivity contribution in [3.63, 3.8) is 0 Å². The Morgan fingerprint density at radius 3 is 2.94 bits per heavy atom. The highest BCUT2D eigenvalue weighted by Crippen LogP contribution is 2.20. The van der Waals surface area contributed by atoms with Crippen molar-refractivity contribution in [2.24, 2.45) is 5.73 Å². The molecule has 6 heteroatoms. The van der Waals surface area contributed by atoms with Crippen molar-refractivity contribution in [3.8, 4) is 11.7 Å². The van der Waals surface area contributed by atoms with Crippen LogP contribution in [0.25, 0.3) is 11.7 Å². The minimum Gasteiger partial charge on any atom is -0.455 e. The lowest BCUT2D eigenvalue weighted by molar-refractivity contribution is 0.116. The quantitative estimate of drug-likeness (QED) is 0.844. The van der Waals surface area contributed by atoms with Gasteiger partial charge in [0, 0.05) is 13.5 Å². The van der Waals surface area contributed by atoms with E-state index in [1.54, 1.807) is 19.2 Å². The zero-order valence-electron chi connectivity index (χ0n) is 9.84. The third-order valence-electron chi connectivity index (χ3n) is 2.41. The molecule has 0 aliphatic carbocycles. The lowest BCUT2D eigenvalue weighted by atomic mass is 10.3. The van der Waals surface area contributed by atoms with E-state index in [-0.39, 0.29) is 6.10 Å². The second kappa shape index (κ2) is 5.11. The summed E-state index contributed by atoms with van der Waals surface area (Å²) < 4.78 is 15.6. The van der Waals surface area contributed by atoms with E-state index < -0.39 is 0 Å². The third kappa shape index (κ3) is 2.72. The van der Waals surface area contributed by atoms with Crippen molar-refractivity contribution < 1.29 is 13.7 Å². The number of hydrogen-bond donors (Lipinski definition) is 1. The lowest BCUT2D eigenvalue weighted by Crippen LogP contribution is -2.09. The van der Waals surface area contributed by atoms with E-state index in [0.717, 1.165) is 0 Å². The van der Waals surface area contributed by atoms with Gasteiger partial charge in [-0.3, -0.25) is 0 Å². The van der Waals surface area contributed by atoms with Crippen LogP contribution in [0.3, 0.4) is 0 Å². The summed E-state index contributed by atoms with van der Waals surface area (Å²) >= 11 is 0. The molecule has 0 saturated carbocycles. The molecule has 0 aliphatic heterocycles. The first kappa shape index (κ1) is 11.8. The van der Waals surface area contributed by atoms with Gasteiger partial charge in [-0.05, 0) is 19.1 Å². The molecule has 0 bridgehead atoms. The van der Waals surface area contributed by atoms with Gasteiger partial charge in [0.1, 0.15) is 5.76 Å². The molecule has 2 heterocycles. The fourth-order valence-corrected chi connectivity index (χ4v) is 1.38. The molecule has 2 aromatic rings. The van der Waals surface area contributed by atoms with Crippen LogP contribution in [-0.2, 0) is 17.7 Å². The Morgan fingerprint density at radius 2 is 2.29 bits per heavy atom. The average Bonchev–Trinajstić information content (AvgIpc) is 2.96. The first-order valence-corrected chi connectivity index (χ1v) is 5.37. The Hall–Kier alpha value is -1.66. The first-order chi connectivity index (χ1) is 8.22. The fraction of sp³-hybridized carbons (Fsp3) is 0.455. The largest absolute Gasteiger partial charge is 0.455 e. The van der Waals surface area contributed by atoms with Gasteiger partial charge in [0.05, 0.1) is 12.6 Å². The summed E-state index contributed by atoms with van der Waals surface area (Å²) in [4.78, 5) is 4.22. The summed E-state index contributed by atoms with van der Waals surface area (Å²) in [5, 5.41) is 3.86. The first-order valence-electron chi connectivity index (χ1n) is 5.37. The van der Waals surface area contributed by atoms with Crippen LogP contribution in [0.15, 0.2) is 21.1 Å². The smallest absolute Gasteiger partial charge is 0.293 e. The van der Waals surface area contributed by atoms with Crippen LogP contribution < -0.4 is 5.73 Å². The summed E-state index contributed by atoms with van der Waals surface area (Å²) in [6.45, 7) is 2.29. The minimum atomic E-state index is 0.0525. The summed E-state index contributed by atoms with van der Waals surface area (Å²) in [7, 11) is 1.64. The number of hydrogen-bond acceptors (Lipinski definition) is 6. The van der Waals surface area contributed by atoms with Crippen LogP contribution in [0, 0.1) is 0 Å². The molecule has 0 aromatic carbocycles. The van der Waals surface area contributed by atoms with Crippen LogP contribution >= 0.6 is 0 Å². The highest BCUT2D eigenvalue weighted by Gasteiger charge is 2.14. The summed E-state index contributed by atoms with van der Waals surface area (Å²) in [6, 6.07) is 3.55. The van der Waals surface area contributed by atoms with Crippen molar-refractivity contribution in [2.45, 2.75) is 26.0 Å². The molecule has 0 spiro atoms. The van der Waals surface area contributed by atoms with E-state index in [9.17, 15) is 0 Å². The monoisotopic (exact) mass is 237 g/mol. The van der Waals surface area contributed by atoms with Crippen molar-refractivity contribution in [1.82, 2.24) is 10.1 Å². The zero-order chi connectivity index (χ0) is 12.3. The SMILES string of the molecule is COC(C)Cc1noc(-c2ccc(CN)o2)n1. The number of furan rings is 1. The number of nitrogens with two attached hydrogens (primary N) is 1. The molecule has 0 saturated heterocycles. The zero-order valence-corrected chi connectivity index (χ0v) is 9.84. The molecule has 2 rings (SSSR count). The number of aromatic nitrogens is 2. The van der Waals surface area contributed by atoms with Gasteiger partial charge in [-0.15, -0.1) is 0 Å². The van der Waals surface area contributed by atoms with Crippen LogP contribution in [0.1, 0.15) is 18.5 Å². The second-order valence-corrected chi connectivity index (χ2v) is 3.74. The number of ether oxygens (including phenoxy) is 1. The average molecular weight is 237 g/mol. The molecule has 2 N–H and O–H groups in total. The van der Waals surface area contributed by atoms with Gasteiger partial charge in [0.25, 0.3) is 5.89 Å². The van der Waals surface area contributed by atoms with Crippen LogP contribution in [0.5, 0.6) is 0 Å². The van der Waals surface area contributed by atoms with Crippen molar-refractivity contribution in [3.05, 3.63) is 23.7 Å². The van der Waals surface area contributed by atoms with E-state index in [4.69, 9.17) is 19.4 Å². The molecule has 17 heavy (non-hydrogen) atoms. The van der Waals surface area contributed by atoms with Gasteiger partial charge in [0.15, 0.2) is 11.6 Å². The fourth-order valence-electron chi connectivity index (χ4n) is 1.38. The van der Waals surface area contributed by atoms with Crippen LogP contribution in [0.4, 0.5) is 0 Å². The summed E-state index contributed by atoms with van der Waals surface area (Å²) in [5.74, 6) is 2.18. The Bertz CT molecular complexity index is 478. The van der Waals surface area contributed by atoms with Crippen LogP contribution in [0.2, 0.25) is 0 Å². The maximum atomic E-state index is 5.45. The Morgan fingerprint density at radius 1 is 1.47 bits per heavy atom. The van der Waals surface area contributed by atoms with E-state index >= 15 is 0 Å². The molecular formula is C11H15N3O3. The van der Waals surface area contributed by atoms with Gasteiger partial charge in [0.2, 0.25) is 0 Å². The third-order valence-corrected chi connectivity index (χ3v) is 2.41. The van der Waals surface area contributed by atoms with Gasteiger partial charge in [-0.25, -0.2) is 0 Å². The number of methoxy groups -OCH3 is 1. The maximum absolute atomic E-state index is 5.45. The van der Waals surface area contributed by atoms with Crippen LogP contribution in [-0.4, -0.2) is 23.4 Å². The lowest BCUT2D eigenvalue weighted by Gasteiger charge is -2.03. The van der Waals surface area contributed by atoms with E-state index in [2.05, 4.69) is 10.1 Å². The molecular weight excluding hydrogens is 222 g/mol. The second-order valence-electron chi connectivity index (χ2n) is 3.74. The normalized spacial score (nSPS) is 12.9. The van der Waals surface area contributed by atoms with Gasteiger partial charge in [-0.2, -0.15) is 4.98 Å². The molecule has 1 unspecified atom stereocenters. The Balaban J connectivity index is 2.12. The molecule has 0 radical (unpaired) electrons. The number of rotatable bonds is 5. The standard InChI is InChI=1S/C11H15N3O3/c1-7(15-2)5-10-13-11(17-14-10)9-4-3-8(6-12)16-9/h3-4,7H,5-6,12H2,1-2H3. The highest BCUT2D eigenvalue weighted by molar-refractivity contribution is 5.44. The van der Waals surface area contributed by atoms with Crippen molar-refractivity contribution in [1.29, 1.82) is 0 Å². The predicted octanol–water partition coefficient (Wildman–Crippen LogP) is 1.37. The molecule has 92 valence electrons. The predicted molar refractivity (Wildman–Crippen MR) is 60.1 cm³/mol. The minimum absolute atomic E-state index is 0.0525. The summed E-state index contributed by atoms with van der Waals surface area (Å²) in [5.41, 5.74) is 5.45. The molecule has 0 fully saturated rings. The molecule has 2 aromatic heterocycles.